The summed E-state index contributed by atoms with van der Waals surface area (Å²) in [6, 6.07) is 7.20. The molecule has 11 nitrogen and oxygen atoms in total. The van der Waals surface area contributed by atoms with E-state index in [1.54, 1.807) is 0 Å². The smallest absolute Gasteiger partial charge is 0.323 e. The molecule has 30 heavy (non-hydrogen) atoms. The normalized spacial score (nSPS) is 15.7. The number of oxime groups is 1. The summed E-state index contributed by atoms with van der Waals surface area (Å²) in [6.45, 7) is 1.84. The minimum absolute atomic E-state index is 0.0549. The lowest BCUT2D eigenvalue weighted by Crippen LogP contribution is -2.38. The number of sulfonamides is 1. The molecular formula is C17H24N6O5S2. The van der Waals surface area contributed by atoms with Gasteiger partial charge >= 0.3 is 10.2 Å². The van der Waals surface area contributed by atoms with Crippen LogP contribution in [0.25, 0.3) is 0 Å². The van der Waals surface area contributed by atoms with Gasteiger partial charge in [-0.05, 0) is 25.3 Å². The highest BCUT2D eigenvalue weighted by Gasteiger charge is 2.41. The summed E-state index contributed by atoms with van der Waals surface area (Å²) in [7, 11) is -4.12. The van der Waals surface area contributed by atoms with Crippen LogP contribution in [0.1, 0.15) is 24.0 Å². The number of hydrogen-bond donors (Lipinski definition) is 0. The molecule has 13 heteroatoms. The maximum Gasteiger partial charge on any atom is 0.323 e. The summed E-state index contributed by atoms with van der Waals surface area (Å²) in [4.78, 5) is 8.71. The topological polar surface area (TPSA) is 127 Å². The fourth-order valence-electron chi connectivity index (χ4n) is 2.83. The molecule has 1 aromatic heterocycles. The minimum Gasteiger partial charge on any atom is -0.399 e. The maximum atomic E-state index is 13.3. The maximum absolute atomic E-state index is 13.3. The Bertz CT molecular complexity index is 1150. The van der Waals surface area contributed by atoms with E-state index < -0.39 is 25.4 Å². The molecule has 1 heterocycles. The molecule has 0 spiro atoms. The third-order valence-electron chi connectivity index (χ3n) is 4.61. The molecule has 1 aliphatic rings. The average Bonchev–Trinajstić information content (AvgIpc) is 3.38. The van der Waals surface area contributed by atoms with Gasteiger partial charge in [-0.2, -0.15) is 17.0 Å². The van der Waals surface area contributed by atoms with E-state index in [4.69, 9.17) is 4.84 Å². The van der Waals surface area contributed by atoms with Crippen LogP contribution in [-0.2, 0) is 25.1 Å². The van der Waals surface area contributed by atoms with Crippen molar-refractivity contribution in [1.29, 1.82) is 0 Å². The second-order valence-electron chi connectivity index (χ2n) is 7.01. The number of hydrogen-bond acceptors (Lipinski definition) is 8. The molecule has 3 rings (SSSR count). The van der Waals surface area contributed by atoms with Crippen molar-refractivity contribution in [3.05, 3.63) is 41.7 Å². The Balaban J connectivity index is 1.97. The van der Waals surface area contributed by atoms with E-state index in [0.717, 1.165) is 21.8 Å². The van der Waals surface area contributed by atoms with Gasteiger partial charge in [0.15, 0.2) is 0 Å². The van der Waals surface area contributed by atoms with Crippen molar-refractivity contribution < 1.29 is 21.7 Å². The monoisotopic (exact) mass is 456 g/mol. The van der Waals surface area contributed by atoms with Crippen LogP contribution in [0.15, 0.2) is 40.9 Å². The average molecular weight is 457 g/mol. The van der Waals surface area contributed by atoms with Crippen molar-refractivity contribution in [2.24, 2.45) is 5.16 Å². The summed E-state index contributed by atoms with van der Waals surface area (Å²) < 4.78 is 53.7. The highest BCUT2D eigenvalue weighted by Crippen LogP contribution is 2.31. The lowest BCUT2D eigenvalue weighted by Gasteiger charge is -2.21. The van der Waals surface area contributed by atoms with Crippen molar-refractivity contribution in [1.82, 2.24) is 22.8 Å². The van der Waals surface area contributed by atoms with Gasteiger partial charge in [-0.3, -0.25) is 0 Å². The first-order chi connectivity index (χ1) is 14.1. The van der Waals surface area contributed by atoms with Crippen molar-refractivity contribution in [2.45, 2.75) is 31.0 Å². The van der Waals surface area contributed by atoms with Gasteiger partial charge < -0.3 is 4.84 Å². The summed E-state index contributed by atoms with van der Waals surface area (Å²) in [6.07, 6.45) is 2.24. The van der Waals surface area contributed by atoms with Crippen molar-refractivity contribution in [2.75, 3.05) is 27.7 Å². The molecule has 0 bridgehead atoms. The first kappa shape index (κ1) is 22.3. The van der Waals surface area contributed by atoms with Crippen LogP contribution in [0, 0.1) is 6.92 Å². The van der Waals surface area contributed by atoms with Gasteiger partial charge in [0, 0.05) is 25.7 Å². The van der Waals surface area contributed by atoms with E-state index >= 15 is 0 Å². The molecule has 0 aliphatic heterocycles. The second kappa shape index (κ2) is 8.41. The molecule has 0 N–H and O–H groups in total. The second-order valence-corrected chi connectivity index (χ2v) is 10.8. The van der Waals surface area contributed by atoms with E-state index in [0.29, 0.717) is 22.6 Å². The van der Waals surface area contributed by atoms with E-state index in [1.807, 2.05) is 31.2 Å². The van der Waals surface area contributed by atoms with E-state index in [1.165, 1.54) is 25.5 Å². The number of benzene rings is 1. The molecular weight excluding hydrogens is 432 g/mol. The van der Waals surface area contributed by atoms with Crippen LogP contribution >= 0.6 is 0 Å². The highest BCUT2D eigenvalue weighted by molar-refractivity contribution is 7.89. The van der Waals surface area contributed by atoms with Crippen LogP contribution in [0.3, 0.4) is 0 Å². The van der Waals surface area contributed by atoms with Crippen LogP contribution in [0.5, 0.6) is 0 Å². The summed E-state index contributed by atoms with van der Waals surface area (Å²) in [5, 5.41) is 7.18. The van der Waals surface area contributed by atoms with Crippen molar-refractivity contribution >= 4 is 25.9 Å². The third kappa shape index (κ3) is 4.38. The fourth-order valence-corrected chi connectivity index (χ4v) is 5.04. The number of nitrogens with zero attached hydrogens (tertiary/aromatic N) is 6. The predicted octanol–water partition coefficient (Wildman–Crippen LogP) is 0.445. The minimum atomic E-state index is -4.17. The van der Waals surface area contributed by atoms with E-state index in [9.17, 15) is 16.8 Å². The Morgan fingerprint density at radius 2 is 1.90 bits per heavy atom. The fraction of sp³-hybridized carbons (Fsp3) is 0.471. The molecule has 1 aromatic carbocycles. The highest BCUT2D eigenvalue weighted by atomic mass is 32.2. The summed E-state index contributed by atoms with van der Waals surface area (Å²) >= 11 is 0. The third-order valence-corrected chi connectivity index (χ3v) is 7.87. The Hall–Kier alpha value is -2.35. The predicted molar refractivity (Wildman–Crippen MR) is 110 cm³/mol. The van der Waals surface area contributed by atoms with Crippen LogP contribution < -0.4 is 0 Å². The number of aromatic nitrogens is 3. The number of aryl methyl sites for hydroxylation is 1. The molecule has 164 valence electrons. The van der Waals surface area contributed by atoms with Gasteiger partial charge in [0.1, 0.15) is 19.1 Å². The van der Waals surface area contributed by atoms with Crippen LogP contribution in [0.4, 0.5) is 0 Å². The standard InChI is InChI=1S/C17H24N6O5S2/c1-13-7-5-6-8-15(13)16(20-28-4)11-22(14-9-10-14)29(24,25)17-18-12-23(19-17)30(26,27)21(2)3/h5-8,12,14H,9-11H2,1-4H3/b20-16+. The molecule has 0 amide bonds. The van der Waals surface area contributed by atoms with Gasteiger partial charge in [0.2, 0.25) is 0 Å². The Morgan fingerprint density at radius 3 is 2.47 bits per heavy atom. The van der Waals surface area contributed by atoms with Gasteiger partial charge in [-0.15, -0.1) is 9.19 Å². The molecule has 1 saturated carbocycles. The molecule has 0 atom stereocenters. The first-order valence-electron chi connectivity index (χ1n) is 9.11. The van der Waals surface area contributed by atoms with Crippen molar-refractivity contribution in [3.8, 4) is 0 Å². The number of rotatable bonds is 9. The molecule has 0 saturated heterocycles. The SMILES string of the molecule is CO/N=C(\CN(C1CC1)S(=O)(=O)c1ncn(S(=O)(=O)N(C)C)n1)c1ccccc1C. The zero-order valence-corrected chi connectivity index (χ0v) is 18.8. The van der Waals surface area contributed by atoms with Gasteiger partial charge in [0.05, 0.1) is 6.54 Å². The molecule has 2 aromatic rings. The summed E-state index contributed by atoms with van der Waals surface area (Å²) in [5.41, 5.74) is 2.11. The van der Waals surface area contributed by atoms with Crippen LogP contribution in [-0.4, -0.2) is 79.1 Å². The zero-order chi connectivity index (χ0) is 22.1. The largest absolute Gasteiger partial charge is 0.399 e. The van der Waals surface area contributed by atoms with E-state index in [2.05, 4.69) is 15.2 Å². The summed E-state index contributed by atoms with van der Waals surface area (Å²) in [5.74, 6) is 0. The molecule has 1 fully saturated rings. The zero-order valence-electron chi connectivity index (χ0n) is 17.1. The van der Waals surface area contributed by atoms with E-state index in [-0.39, 0.29) is 12.6 Å². The lowest BCUT2D eigenvalue weighted by atomic mass is 10.0. The van der Waals surface area contributed by atoms with Gasteiger partial charge in [-0.1, -0.05) is 29.4 Å². The van der Waals surface area contributed by atoms with Gasteiger partial charge in [-0.25, -0.2) is 13.4 Å². The van der Waals surface area contributed by atoms with Crippen molar-refractivity contribution in [3.63, 3.8) is 0 Å². The quantitative estimate of drug-likeness (QED) is 0.396. The molecule has 0 radical (unpaired) electrons. The lowest BCUT2D eigenvalue weighted by molar-refractivity contribution is 0.212. The Kier molecular flexibility index (Phi) is 6.26. The Labute approximate surface area is 176 Å². The van der Waals surface area contributed by atoms with Crippen LogP contribution in [0.2, 0.25) is 0 Å². The van der Waals surface area contributed by atoms with Gasteiger partial charge in [0.25, 0.3) is 15.2 Å². The first-order valence-corrected chi connectivity index (χ1v) is 11.9. The molecule has 0 unspecified atom stereocenters. The molecule has 1 aliphatic carbocycles. The Morgan fingerprint density at radius 1 is 1.23 bits per heavy atom.